The third-order valence-corrected chi connectivity index (χ3v) is 5.57. The van der Waals surface area contributed by atoms with Crippen LogP contribution in [0.5, 0.6) is 11.5 Å². The molecule has 2 N–H and O–H groups in total. The Balaban J connectivity index is 2.28. The molecule has 1 saturated heterocycles. The Hall–Kier alpha value is -1.71. The van der Waals surface area contributed by atoms with Crippen molar-refractivity contribution >= 4 is 58.0 Å². The number of aliphatic carboxylic acids is 1. The number of carbonyl (C=O) groups is 2. The van der Waals surface area contributed by atoms with Crippen molar-refractivity contribution in [2.24, 2.45) is 0 Å². The summed E-state index contributed by atoms with van der Waals surface area (Å²) in [5.74, 6) is -0.540. The fraction of sp³-hybridized carbons (Fsp3) is 0.353. The molecule has 0 aromatic heterocycles. The standard InChI is InChI=1S/C17H19NO5S3/c1-3-23-13-8-10(4-5-12(13)19)9-14-15(20)18(17(24)26-14)11(16(21)22)6-7-25-2/h4-5,8-9,11,19H,3,6-7H2,1-2H3,(H,21,22)/b14-9-. The maximum absolute atomic E-state index is 12.7. The number of amides is 1. The van der Waals surface area contributed by atoms with E-state index in [1.807, 2.05) is 6.26 Å². The van der Waals surface area contributed by atoms with Gasteiger partial charge in [-0.05, 0) is 49.1 Å². The van der Waals surface area contributed by atoms with Crippen molar-refractivity contribution in [3.05, 3.63) is 28.7 Å². The van der Waals surface area contributed by atoms with Crippen molar-refractivity contribution in [2.75, 3.05) is 18.6 Å². The predicted octanol–water partition coefficient (Wildman–Crippen LogP) is 3.20. The molecule has 1 aliphatic rings. The SMILES string of the molecule is CCOc1cc(/C=C2\SC(=S)N(C(CCSC)C(=O)O)C2=O)ccc1O. The average Bonchev–Trinajstić information content (AvgIpc) is 2.86. The van der Waals surface area contributed by atoms with E-state index in [1.165, 1.54) is 22.7 Å². The van der Waals surface area contributed by atoms with Crippen LogP contribution in [0.1, 0.15) is 18.9 Å². The number of carbonyl (C=O) groups excluding carboxylic acids is 1. The number of hydrogen-bond donors (Lipinski definition) is 2. The Kier molecular flexibility index (Phi) is 7.36. The monoisotopic (exact) mass is 413 g/mol. The Bertz CT molecular complexity index is 750. The zero-order valence-electron chi connectivity index (χ0n) is 14.3. The van der Waals surface area contributed by atoms with E-state index in [1.54, 1.807) is 25.1 Å². The number of aromatic hydroxyl groups is 1. The molecule has 1 atom stereocenters. The number of ether oxygens (including phenoxy) is 1. The minimum absolute atomic E-state index is 0.0135. The summed E-state index contributed by atoms with van der Waals surface area (Å²) in [7, 11) is 0. The van der Waals surface area contributed by atoms with Crippen LogP contribution in [0.15, 0.2) is 23.1 Å². The van der Waals surface area contributed by atoms with Gasteiger partial charge in [0.2, 0.25) is 0 Å². The molecule has 1 amide bonds. The molecule has 0 saturated carbocycles. The van der Waals surface area contributed by atoms with Crippen LogP contribution in [0.4, 0.5) is 0 Å². The number of hydrogen-bond acceptors (Lipinski definition) is 7. The van der Waals surface area contributed by atoms with Crippen molar-refractivity contribution in [3.8, 4) is 11.5 Å². The van der Waals surface area contributed by atoms with Crippen LogP contribution in [0.25, 0.3) is 6.08 Å². The number of rotatable bonds is 8. The van der Waals surface area contributed by atoms with Gasteiger partial charge in [-0.15, -0.1) is 0 Å². The molecule has 2 rings (SSSR count). The van der Waals surface area contributed by atoms with Gasteiger partial charge in [-0.25, -0.2) is 4.79 Å². The van der Waals surface area contributed by atoms with E-state index in [4.69, 9.17) is 17.0 Å². The molecule has 1 aromatic carbocycles. The van der Waals surface area contributed by atoms with Crippen molar-refractivity contribution < 1.29 is 24.5 Å². The quantitative estimate of drug-likeness (QED) is 0.496. The zero-order chi connectivity index (χ0) is 19.3. The van der Waals surface area contributed by atoms with Crippen molar-refractivity contribution in [1.29, 1.82) is 0 Å². The second-order valence-corrected chi connectivity index (χ2v) is 8.01. The molecule has 0 aliphatic carbocycles. The first-order valence-corrected chi connectivity index (χ1v) is 10.5. The Labute approximate surface area is 165 Å². The number of thioether (sulfide) groups is 2. The third-order valence-electron chi connectivity index (χ3n) is 3.60. The summed E-state index contributed by atoms with van der Waals surface area (Å²) < 4.78 is 5.57. The number of benzene rings is 1. The van der Waals surface area contributed by atoms with Crippen molar-refractivity contribution in [3.63, 3.8) is 0 Å². The minimum atomic E-state index is -1.07. The first-order chi connectivity index (χ1) is 12.4. The molecule has 1 heterocycles. The Morgan fingerprint density at radius 3 is 2.85 bits per heavy atom. The normalized spacial score (nSPS) is 17.0. The molecule has 0 spiro atoms. The average molecular weight is 414 g/mol. The second kappa shape index (κ2) is 9.29. The van der Waals surface area contributed by atoms with Crippen LogP contribution < -0.4 is 4.74 Å². The Morgan fingerprint density at radius 1 is 1.50 bits per heavy atom. The molecular weight excluding hydrogens is 394 g/mol. The molecule has 1 aliphatic heterocycles. The van der Waals surface area contributed by atoms with E-state index in [0.717, 1.165) is 11.8 Å². The smallest absolute Gasteiger partial charge is 0.326 e. The van der Waals surface area contributed by atoms with Crippen LogP contribution in [0.3, 0.4) is 0 Å². The maximum atomic E-state index is 12.7. The molecule has 1 fully saturated rings. The zero-order valence-corrected chi connectivity index (χ0v) is 16.7. The molecular formula is C17H19NO5S3. The van der Waals surface area contributed by atoms with E-state index in [-0.39, 0.29) is 10.1 Å². The van der Waals surface area contributed by atoms with Gasteiger partial charge < -0.3 is 14.9 Å². The molecule has 0 bridgehead atoms. The fourth-order valence-corrected chi connectivity index (χ4v) is 4.20. The fourth-order valence-electron chi connectivity index (χ4n) is 2.38. The van der Waals surface area contributed by atoms with Crippen LogP contribution in [0.2, 0.25) is 0 Å². The summed E-state index contributed by atoms with van der Waals surface area (Å²) in [4.78, 5) is 25.8. The predicted molar refractivity (Wildman–Crippen MR) is 109 cm³/mol. The van der Waals surface area contributed by atoms with Crippen LogP contribution in [-0.2, 0) is 9.59 Å². The van der Waals surface area contributed by atoms with Gasteiger partial charge in [0.1, 0.15) is 10.4 Å². The van der Waals surface area contributed by atoms with Gasteiger partial charge in [-0.2, -0.15) is 11.8 Å². The molecule has 1 aromatic rings. The summed E-state index contributed by atoms with van der Waals surface area (Å²) in [6.45, 7) is 2.20. The van der Waals surface area contributed by atoms with Crippen LogP contribution >= 0.6 is 35.7 Å². The van der Waals surface area contributed by atoms with E-state index in [0.29, 0.717) is 35.0 Å². The van der Waals surface area contributed by atoms with Gasteiger partial charge in [0, 0.05) is 0 Å². The summed E-state index contributed by atoms with van der Waals surface area (Å²) >= 11 is 7.83. The Morgan fingerprint density at radius 2 is 2.23 bits per heavy atom. The number of phenolic OH excluding ortho intramolecular Hbond substituents is 1. The van der Waals surface area contributed by atoms with Gasteiger partial charge >= 0.3 is 5.97 Å². The highest BCUT2D eigenvalue weighted by Crippen LogP contribution is 2.36. The van der Waals surface area contributed by atoms with Gasteiger partial charge in [0.05, 0.1) is 11.5 Å². The van der Waals surface area contributed by atoms with Crippen LogP contribution in [0, 0.1) is 0 Å². The number of carboxylic acid groups (broad SMARTS) is 1. The van der Waals surface area contributed by atoms with Gasteiger partial charge in [-0.1, -0.05) is 30.0 Å². The number of thiocarbonyl (C=S) groups is 1. The second-order valence-electron chi connectivity index (χ2n) is 5.35. The van der Waals surface area contributed by atoms with E-state index in [2.05, 4.69) is 0 Å². The molecule has 0 radical (unpaired) electrons. The molecule has 1 unspecified atom stereocenters. The van der Waals surface area contributed by atoms with E-state index >= 15 is 0 Å². The summed E-state index contributed by atoms with van der Waals surface area (Å²) in [6.07, 6.45) is 3.82. The maximum Gasteiger partial charge on any atom is 0.326 e. The molecule has 26 heavy (non-hydrogen) atoms. The molecule has 6 nitrogen and oxygen atoms in total. The van der Waals surface area contributed by atoms with Gasteiger partial charge in [-0.3, -0.25) is 9.69 Å². The number of carboxylic acids is 1. The lowest BCUT2D eigenvalue weighted by atomic mass is 10.1. The van der Waals surface area contributed by atoms with E-state index < -0.39 is 17.9 Å². The highest BCUT2D eigenvalue weighted by Gasteiger charge is 2.40. The van der Waals surface area contributed by atoms with Crippen molar-refractivity contribution in [1.82, 2.24) is 4.90 Å². The number of phenols is 1. The molecule has 9 heteroatoms. The lowest BCUT2D eigenvalue weighted by Gasteiger charge is -2.22. The summed E-state index contributed by atoms with van der Waals surface area (Å²) in [6, 6.07) is 3.77. The topological polar surface area (TPSA) is 87.1 Å². The lowest BCUT2D eigenvalue weighted by Crippen LogP contribution is -2.44. The first-order valence-electron chi connectivity index (χ1n) is 7.83. The van der Waals surface area contributed by atoms with E-state index in [9.17, 15) is 19.8 Å². The van der Waals surface area contributed by atoms with Crippen molar-refractivity contribution in [2.45, 2.75) is 19.4 Å². The lowest BCUT2D eigenvalue weighted by molar-refractivity contribution is -0.145. The first kappa shape index (κ1) is 20.6. The summed E-state index contributed by atoms with van der Waals surface area (Å²) in [5, 5.41) is 19.2. The van der Waals surface area contributed by atoms with Gasteiger partial charge in [0.25, 0.3) is 5.91 Å². The molecule has 140 valence electrons. The highest BCUT2D eigenvalue weighted by atomic mass is 32.2. The third kappa shape index (κ3) is 4.72. The number of nitrogens with zero attached hydrogens (tertiary/aromatic N) is 1. The minimum Gasteiger partial charge on any atom is -0.504 e. The van der Waals surface area contributed by atoms with Crippen LogP contribution in [-0.4, -0.2) is 56.0 Å². The highest BCUT2D eigenvalue weighted by molar-refractivity contribution is 8.26. The largest absolute Gasteiger partial charge is 0.504 e. The van der Waals surface area contributed by atoms with Gasteiger partial charge in [0.15, 0.2) is 11.5 Å². The summed E-state index contributed by atoms with van der Waals surface area (Å²) in [5.41, 5.74) is 0.655.